The van der Waals surface area contributed by atoms with Crippen molar-refractivity contribution in [3.8, 4) is 0 Å². The Morgan fingerprint density at radius 1 is 1.22 bits per heavy atom. The van der Waals surface area contributed by atoms with Gasteiger partial charge in [-0.2, -0.15) is 13.2 Å². The molecule has 0 bridgehead atoms. The lowest BCUT2D eigenvalue weighted by molar-refractivity contribution is -0.202. The summed E-state index contributed by atoms with van der Waals surface area (Å²) in [6.07, 6.45) is -6.49. The molecule has 1 aromatic carbocycles. The zero-order chi connectivity index (χ0) is 13.8. The molecule has 0 aromatic heterocycles. The predicted octanol–water partition coefficient (Wildman–Crippen LogP) is 2.79. The second kappa shape index (κ2) is 6.15. The van der Waals surface area contributed by atoms with Gasteiger partial charge in [-0.3, -0.25) is 0 Å². The summed E-state index contributed by atoms with van der Waals surface area (Å²) in [4.78, 5) is 0. The van der Waals surface area contributed by atoms with Crippen LogP contribution in [0.1, 0.15) is 24.9 Å². The van der Waals surface area contributed by atoms with Gasteiger partial charge in [-0.1, -0.05) is 19.1 Å². The van der Waals surface area contributed by atoms with Crippen molar-refractivity contribution in [1.29, 1.82) is 0 Å². The fourth-order valence-electron chi connectivity index (χ4n) is 1.56. The van der Waals surface area contributed by atoms with E-state index in [-0.39, 0.29) is 6.04 Å². The highest BCUT2D eigenvalue weighted by atomic mass is 19.4. The molecule has 6 heteroatoms. The first-order chi connectivity index (χ1) is 8.34. The van der Waals surface area contributed by atoms with E-state index in [0.29, 0.717) is 12.0 Å². The summed E-state index contributed by atoms with van der Waals surface area (Å²) in [7, 11) is 0. The minimum Gasteiger partial charge on any atom is -0.382 e. The van der Waals surface area contributed by atoms with E-state index in [1.807, 2.05) is 0 Å². The number of aliphatic hydroxyl groups excluding tert-OH is 1. The lowest BCUT2D eigenvalue weighted by Gasteiger charge is -2.21. The fourth-order valence-corrected chi connectivity index (χ4v) is 1.56. The highest BCUT2D eigenvalue weighted by Crippen LogP contribution is 2.21. The van der Waals surface area contributed by atoms with Crippen LogP contribution < -0.4 is 5.32 Å². The summed E-state index contributed by atoms with van der Waals surface area (Å²) in [5.74, 6) is -0.399. The van der Waals surface area contributed by atoms with Gasteiger partial charge in [0, 0.05) is 12.6 Å². The number of hydrogen-bond acceptors (Lipinski definition) is 2. The number of halogens is 4. The highest BCUT2D eigenvalue weighted by molar-refractivity contribution is 5.19. The Labute approximate surface area is 103 Å². The molecule has 2 unspecified atom stereocenters. The van der Waals surface area contributed by atoms with E-state index in [2.05, 4.69) is 5.32 Å². The van der Waals surface area contributed by atoms with Crippen molar-refractivity contribution < 1.29 is 22.7 Å². The Morgan fingerprint density at radius 2 is 1.78 bits per heavy atom. The topological polar surface area (TPSA) is 32.3 Å². The largest absolute Gasteiger partial charge is 0.415 e. The van der Waals surface area contributed by atoms with Gasteiger partial charge in [0.25, 0.3) is 0 Å². The predicted molar refractivity (Wildman–Crippen MR) is 59.5 cm³/mol. The van der Waals surface area contributed by atoms with E-state index in [0.717, 1.165) is 0 Å². The molecular formula is C12H15F4NO. The molecule has 1 aromatic rings. The van der Waals surface area contributed by atoms with Gasteiger partial charge in [0.1, 0.15) is 5.82 Å². The smallest absolute Gasteiger partial charge is 0.382 e. The molecule has 0 saturated carbocycles. The number of rotatable bonds is 5. The van der Waals surface area contributed by atoms with Gasteiger partial charge in [-0.15, -0.1) is 0 Å². The summed E-state index contributed by atoms with van der Waals surface area (Å²) in [6.45, 7) is 1.21. The van der Waals surface area contributed by atoms with E-state index in [1.54, 1.807) is 6.92 Å². The van der Waals surface area contributed by atoms with Gasteiger partial charge in [0.15, 0.2) is 6.10 Å². The quantitative estimate of drug-likeness (QED) is 0.802. The maximum absolute atomic E-state index is 12.7. The van der Waals surface area contributed by atoms with E-state index in [1.165, 1.54) is 24.3 Å². The molecule has 0 spiro atoms. The zero-order valence-corrected chi connectivity index (χ0v) is 9.84. The Balaban J connectivity index is 2.60. The maximum atomic E-state index is 12.7. The summed E-state index contributed by atoms with van der Waals surface area (Å²) in [6, 6.07) is 5.18. The van der Waals surface area contributed by atoms with Crippen LogP contribution in [0.15, 0.2) is 24.3 Å². The first-order valence-electron chi connectivity index (χ1n) is 5.58. The highest BCUT2D eigenvalue weighted by Gasteiger charge is 2.38. The first kappa shape index (κ1) is 14.9. The van der Waals surface area contributed by atoms with Crippen LogP contribution in [0.4, 0.5) is 17.6 Å². The minimum absolute atomic E-state index is 0.345. The normalized spacial score (nSPS) is 15.4. The van der Waals surface area contributed by atoms with E-state index in [9.17, 15) is 17.6 Å². The second-order valence-corrected chi connectivity index (χ2v) is 3.98. The average Bonchev–Trinajstić information content (AvgIpc) is 2.30. The number of nitrogens with one attached hydrogen (secondary N) is 1. The van der Waals surface area contributed by atoms with Crippen molar-refractivity contribution >= 4 is 0 Å². The van der Waals surface area contributed by atoms with E-state index >= 15 is 0 Å². The van der Waals surface area contributed by atoms with E-state index in [4.69, 9.17) is 5.11 Å². The van der Waals surface area contributed by atoms with Crippen LogP contribution >= 0.6 is 0 Å². The fraction of sp³-hybridized carbons (Fsp3) is 0.500. The second-order valence-electron chi connectivity index (χ2n) is 3.98. The van der Waals surface area contributed by atoms with Crippen molar-refractivity contribution in [2.75, 3.05) is 6.54 Å². The van der Waals surface area contributed by atoms with Crippen LogP contribution in [0.3, 0.4) is 0 Å². The molecule has 2 N–H and O–H groups in total. The van der Waals surface area contributed by atoms with Crippen LogP contribution in [0.5, 0.6) is 0 Å². The van der Waals surface area contributed by atoms with Crippen molar-refractivity contribution in [2.24, 2.45) is 0 Å². The summed E-state index contributed by atoms with van der Waals surface area (Å²) in [5, 5.41) is 11.5. The molecule has 0 radical (unpaired) electrons. The summed E-state index contributed by atoms with van der Waals surface area (Å²) >= 11 is 0. The van der Waals surface area contributed by atoms with Gasteiger partial charge in [0.2, 0.25) is 0 Å². The molecular weight excluding hydrogens is 250 g/mol. The van der Waals surface area contributed by atoms with Gasteiger partial charge in [-0.25, -0.2) is 4.39 Å². The van der Waals surface area contributed by atoms with Crippen molar-refractivity contribution in [3.63, 3.8) is 0 Å². The molecule has 0 aliphatic carbocycles. The standard InChI is InChI=1S/C12H15F4NO/c1-2-10(8-3-5-9(13)6-4-8)17-7-11(18)12(14,15)16/h3-6,10-11,17-18H,2,7H2,1H3. The first-order valence-corrected chi connectivity index (χ1v) is 5.58. The molecule has 2 nitrogen and oxygen atoms in total. The average molecular weight is 265 g/mol. The third-order valence-corrected chi connectivity index (χ3v) is 2.62. The van der Waals surface area contributed by atoms with Crippen molar-refractivity contribution in [3.05, 3.63) is 35.6 Å². The lowest BCUT2D eigenvalue weighted by Crippen LogP contribution is -2.39. The maximum Gasteiger partial charge on any atom is 0.415 e. The molecule has 0 heterocycles. The van der Waals surface area contributed by atoms with Crippen LogP contribution in [0.2, 0.25) is 0 Å². The third kappa shape index (κ3) is 4.27. The van der Waals surface area contributed by atoms with E-state index < -0.39 is 24.6 Å². The molecule has 1 rings (SSSR count). The zero-order valence-electron chi connectivity index (χ0n) is 9.84. The SMILES string of the molecule is CCC(NCC(O)C(F)(F)F)c1ccc(F)cc1. The lowest BCUT2D eigenvalue weighted by atomic mass is 10.0. The molecule has 102 valence electrons. The van der Waals surface area contributed by atoms with Crippen LogP contribution in [0.25, 0.3) is 0 Å². The van der Waals surface area contributed by atoms with Crippen molar-refractivity contribution in [2.45, 2.75) is 31.7 Å². The molecule has 0 amide bonds. The Bertz CT molecular complexity index is 363. The third-order valence-electron chi connectivity index (χ3n) is 2.62. The van der Waals surface area contributed by atoms with Gasteiger partial charge < -0.3 is 10.4 Å². The number of hydrogen-bond donors (Lipinski definition) is 2. The molecule has 0 aliphatic heterocycles. The Hall–Kier alpha value is -1.14. The monoisotopic (exact) mass is 265 g/mol. The minimum atomic E-state index is -4.63. The summed E-state index contributed by atoms with van der Waals surface area (Å²) < 4.78 is 49.1. The summed E-state index contributed by atoms with van der Waals surface area (Å²) in [5.41, 5.74) is 0.688. The molecule has 0 fully saturated rings. The van der Waals surface area contributed by atoms with Gasteiger partial charge in [0.05, 0.1) is 0 Å². The molecule has 0 saturated heterocycles. The molecule has 18 heavy (non-hydrogen) atoms. The Morgan fingerprint density at radius 3 is 2.22 bits per heavy atom. The van der Waals surface area contributed by atoms with Crippen LogP contribution in [-0.2, 0) is 0 Å². The van der Waals surface area contributed by atoms with Gasteiger partial charge in [-0.05, 0) is 24.1 Å². The van der Waals surface area contributed by atoms with Gasteiger partial charge >= 0.3 is 6.18 Å². The number of alkyl halides is 3. The van der Waals surface area contributed by atoms with Crippen molar-refractivity contribution in [1.82, 2.24) is 5.32 Å². The Kier molecular flexibility index (Phi) is 5.10. The number of benzene rings is 1. The molecule has 2 atom stereocenters. The molecule has 0 aliphatic rings. The number of aliphatic hydroxyl groups is 1. The van der Waals surface area contributed by atoms with Crippen LogP contribution in [0, 0.1) is 5.82 Å². The van der Waals surface area contributed by atoms with Crippen LogP contribution in [-0.4, -0.2) is 23.9 Å².